The summed E-state index contributed by atoms with van der Waals surface area (Å²) in [6.07, 6.45) is 8.69. The van der Waals surface area contributed by atoms with Crippen LogP contribution in [0.15, 0.2) is 18.2 Å². The van der Waals surface area contributed by atoms with E-state index in [-0.39, 0.29) is 48.6 Å². The third-order valence-corrected chi connectivity index (χ3v) is 9.13. The minimum atomic E-state index is -0.481. The number of likely N-dealkylation sites (N-methyl/N-ethyl adjacent to an activating group) is 1. The molecule has 1 aromatic rings. The van der Waals surface area contributed by atoms with Crippen LogP contribution in [-0.2, 0) is 9.53 Å². The van der Waals surface area contributed by atoms with Crippen molar-refractivity contribution in [2.75, 3.05) is 59.3 Å². The number of anilines is 1. The van der Waals surface area contributed by atoms with E-state index in [1.165, 1.54) is 6.42 Å². The van der Waals surface area contributed by atoms with Crippen molar-refractivity contribution in [1.82, 2.24) is 20.0 Å². The van der Waals surface area contributed by atoms with Gasteiger partial charge in [0, 0.05) is 50.8 Å². The van der Waals surface area contributed by atoms with Gasteiger partial charge in [0.25, 0.3) is 5.91 Å². The second-order valence-corrected chi connectivity index (χ2v) is 13.6. The number of aliphatic hydroxyl groups excluding tert-OH is 1. The van der Waals surface area contributed by atoms with Crippen LogP contribution >= 0.6 is 0 Å². The fourth-order valence-corrected chi connectivity index (χ4v) is 6.17. The van der Waals surface area contributed by atoms with Crippen molar-refractivity contribution in [2.45, 2.75) is 109 Å². The average Bonchev–Trinajstić information content (AvgIpc) is 3.02. The lowest BCUT2D eigenvalue weighted by Gasteiger charge is -2.36. The molecule has 4 amide bonds. The molecule has 0 saturated heterocycles. The molecule has 1 fully saturated rings. The molecule has 260 valence electrons. The topological polar surface area (TPSA) is 124 Å². The van der Waals surface area contributed by atoms with Crippen LogP contribution in [0.5, 0.6) is 5.75 Å². The van der Waals surface area contributed by atoms with Gasteiger partial charge >= 0.3 is 6.03 Å². The molecule has 46 heavy (non-hydrogen) atoms. The summed E-state index contributed by atoms with van der Waals surface area (Å²) in [6, 6.07) is 4.57. The smallest absolute Gasteiger partial charge is 0.319 e. The number of fused-ring (bicyclic) bond motifs is 1. The predicted octanol–water partition coefficient (Wildman–Crippen LogP) is 4.74. The molecule has 1 saturated carbocycles. The third kappa shape index (κ3) is 12.0. The highest BCUT2D eigenvalue weighted by molar-refractivity contribution is 5.99. The van der Waals surface area contributed by atoms with Gasteiger partial charge in [-0.1, -0.05) is 26.2 Å². The number of nitrogens with zero attached hydrogens (tertiary/aromatic N) is 3. The molecular weight excluding hydrogens is 586 g/mol. The summed E-state index contributed by atoms with van der Waals surface area (Å²) >= 11 is 0. The van der Waals surface area contributed by atoms with Crippen molar-refractivity contribution in [2.24, 2.45) is 5.92 Å². The zero-order chi connectivity index (χ0) is 33.6. The van der Waals surface area contributed by atoms with Crippen LogP contribution in [0.3, 0.4) is 0 Å². The molecule has 0 radical (unpaired) electrons. The first-order chi connectivity index (χ1) is 22.0. The van der Waals surface area contributed by atoms with Crippen LogP contribution < -0.4 is 15.4 Å². The highest BCUT2D eigenvalue weighted by Crippen LogP contribution is 2.29. The molecule has 0 spiro atoms. The Labute approximate surface area is 276 Å². The number of hydrogen-bond acceptors (Lipinski definition) is 7. The van der Waals surface area contributed by atoms with Gasteiger partial charge in [-0.15, -0.1) is 0 Å². The van der Waals surface area contributed by atoms with Gasteiger partial charge in [-0.3, -0.25) is 9.59 Å². The average molecular weight is 646 g/mol. The standard InChI is InChI=1S/C35H59N5O6/c1-25-22-40(26(2)24-41)34(43)30-21-29(37-35(44)36-28-14-8-7-9-15-28)17-18-31(30)46-27(3)13-10-11-20-45-32(25)23-39(6)33(42)16-12-19-38(4)5/h17-18,21,25-28,32,41H,7-16,19-20,22-24H2,1-6H3,(H2,36,37,44)/t25-,26+,27+,32-/m1/s1. The highest BCUT2D eigenvalue weighted by Gasteiger charge is 2.31. The molecule has 1 aromatic carbocycles. The summed E-state index contributed by atoms with van der Waals surface area (Å²) in [4.78, 5) is 45.6. The highest BCUT2D eigenvalue weighted by atomic mass is 16.5. The van der Waals surface area contributed by atoms with Gasteiger partial charge in [-0.25, -0.2) is 4.79 Å². The molecular formula is C35H59N5O6. The summed E-state index contributed by atoms with van der Waals surface area (Å²) in [5, 5.41) is 16.2. The van der Waals surface area contributed by atoms with Gasteiger partial charge in [0.05, 0.1) is 30.4 Å². The Hall–Kier alpha value is -2.89. The summed E-state index contributed by atoms with van der Waals surface area (Å²) in [7, 11) is 5.81. The third-order valence-electron chi connectivity index (χ3n) is 9.13. The van der Waals surface area contributed by atoms with E-state index >= 15 is 0 Å². The largest absolute Gasteiger partial charge is 0.490 e. The Morgan fingerprint density at radius 3 is 2.48 bits per heavy atom. The van der Waals surface area contributed by atoms with Crippen molar-refractivity contribution in [3.05, 3.63) is 23.8 Å². The van der Waals surface area contributed by atoms with Gasteiger partial charge in [0.2, 0.25) is 5.91 Å². The Balaban J connectivity index is 1.84. The summed E-state index contributed by atoms with van der Waals surface area (Å²) in [5.41, 5.74) is 0.829. The zero-order valence-corrected chi connectivity index (χ0v) is 29.1. The monoisotopic (exact) mass is 645 g/mol. The number of carbonyl (C=O) groups is 3. The second kappa shape index (κ2) is 19.1. The van der Waals surface area contributed by atoms with E-state index in [2.05, 4.69) is 15.5 Å². The number of hydrogen-bond donors (Lipinski definition) is 3. The van der Waals surface area contributed by atoms with E-state index in [1.807, 2.05) is 41.9 Å². The predicted molar refractivity (Wildman–Crippen MR) is 181 cm³/mol. The van der Waals surface area contributed by atoms with Gasteiger partial charge in [0.15, 0.2) is 0 Å². The van der Waals surface area contributed by atoms with Crippen molar-refractivity contribution in [3.8, 4) is 5.75 Å². The van der Waals surface area contributed by atoms with Gasteiger partial charge in [-0.05, 0) is 91.2 Å². The van der Waals surface area contributed by atoms with E-state index in [1.54, 1.807) is 28.0 Å². The molecule has 3 N–H and O–H groups in total. The van der Waals surface area contributed by atoms with Crippen molar-refractivity contribution in [3.63, 3.8) is 0 Å². The molecule has 1 aliphatic heterocycles. The minimum absolute atomic E-state index is 0.0705. The Bertz CT molecular complexity index is 1110. The quantitative estimate of drug-likeness (QED) is 0.336. The number of carbonyl (C=O) groups excluding carboxylic acids is 3. The maximum absolute atomic E-state index is 14.3. The molecule has 0 aromatic heterocycles. The zero-order valence-electron chi connectivity index (χ0n) is 29.1. The fourth-order valence-electron chi connectivity index (χ4n) is 6.17. The molecule has 11 heteroatoms. The lowest BCUT2D eigenvalue weighted by molar-refractivity contribution is -0.132. The van der Waals surface area contributed by atoms with E-state index in [0.29, 0.717) is 43.1 Å². The summed E-state index contributed by atoms with van der Waals surface area (Å²) in [6.45, 7) is 7.72. The maximum atomic E-state index is 14.3. The SMILES string of the molecule is C[C@@H]1CN([C@@H](C)CO)C(=O)c2cc(NC(=O)NC3CCCCC3)ccc2O[C@@H](C)CCCCO[C@@H]1CN(C)C(=O)CCCN(C)C. The molecule has 11 nitrogen and oxygen atoms in total. The van der Waals surface area contributed by atoms with Crippen molar-refractivity contribution in [1.29, 1.82) is 0 Å². The maximum Gasteiger partial charge on any atom is 0.319 e. The van der Waals surface area contributed by atoms with Crippen LogP contribution in [0.25, 0.3) is 0 Å². The molecule has 3 rings (SSSR count). The minimum Gasteiger partial charge on any atom is -0.490 e. The lowest BCUT2D eigenvalue weighted by atomic mass is 9.96. The Morgan fingerprint density at radius 2 is 1.78 bits per heavy atom. The first kappa shape index (κ1) is 37.6. The van der Waals surface area contributed by atoms with Crippen LogP contribution in [0.1, 0.15) is 95.3 Å². The Kier molecular flexibility index (Phi) is 15.6. The lowest BCUT2D eigenvalue weighted by Crippen LogP contribution is -2.48. The van der Waals surface area contributed by atoms with E-state index in [9.17, 15) is 19.5 Å². The van der Waals surface area contributed by atoms with Crippen LogP contribution in [0.2, 0.25) is 0 Å². The van der Waals surface area contributed by atoms with Crippen LogP contribution in [0, 0.1) is 5.92 Å². The van der Waals surface area contributed by atoms with Crippen LogP contribution in [0.4, 0.5) is 10.5 Å². The molecule has 1 aliphatic carbocycles. The number of nitrogens with one attached hydrogen (secondary N) is 2. The molecule has 0 bridgehead atoms. The second-order valence-electron chi connectivity index (χ2n) is 13.6. The number of aliphatic hydroxyl groups is 1. The van der Waals surface area contributed by atoms with Gasteiger partial charge in [0.1, 0.15) is 5.75 Å². The van der Waals surface area contributed by atoms with Gasteiger partial charge in [-0.2, -0.15) is 0 Å². The first-order valence-corrected chi connectivity index (χ1v) is 17.3. The van der Waals surface area contributed by atoms with Crippen molar-refractivity contribution < 1.29 is 29.0 Å². The van der Waals surface area contributed by atoms with E-state index in [0.717, 1.165) is 57.9 Å². The molecule has 4 atom stereocenters. The Morgan fingerprint density at radius 1 is 1.07 bits per heavy atom. The first-order valence-electron chi connectivity index (χ1n) is 17.3. The summed E-state index contributed by atoms with van der Waals surface area (Å²) in [5.74, 6) is 0.0901. The number of benzene rings is 1. The number of amides is 4. The molecule has 0 unspecified atom stereocenters. The number of rotatable bonds is 10. The van der Waals surface area contributed by atoms with E-state index < -0.39 is 6.04 Å². The van der Waals surface area contributed by atoms with Crippen LogP contribution in [-0.4, -0.2) is 116 Å². The normalized spacial score (nSPS) is 22.7. The van der Waals surface area contributed by atoms with E-state index in [4.69, 9.17) is 9.47 Å². The number of ether oxygens (including phenoxy) is 2. The summed E-state index contributed by atoms with van der Waals surface area (Å²) < 4.78 is 12.7. The molecule has 1 heterocycles. The molecule has 2 aliphatic rings. The fraction of sp³-hybridized carbons (Fsp3) is 0.743. The number of urea groups is 1. The van der Waals surface area contributed by atoms with Gasteiger partial charge < -0.3 is 39.9 Å². The van der Waals surface area contributed by atoms with Crippen molar-refractivity contribution >= 4 is 23.5 Å².